The largest absolute Gasteiger partial charge is 0.494 e. The molecule has 6 heteroatoms. The molecule has 1 aromatic carbocycles. The number of hydrogen-bond donors (Lipinski definition) is 0. The number of aryl methyl sites for hydroxylation is 2. The van der Waals surface area contributed by atoms with Gasteiger partial charge < -0.3 is 14.2 Å². The van der Waals surface area contributed by atoms with Crippen molar-refractivity contribution in [3.05, 3.63) is 46.6 Å². The van der Waals surface area contributed by atoms with Crippen molar-refractivity contribution >= 4 is 5.91 Å². The first-order chi connectivity index (χ1) is 10.4. The number of benzene rings is 1. The summed E-state index contributed by atoms with van der Waals surface area (Å²) in [5, 5.41) is 3.83. The molecule has 0 aliphatic rings. The van der Waals surface area contributed by atoms with Crippen LogP contribution in [-0.2, 0) is 17.8 Å². The molecule has 22 heavy (non-hydrogen) atoms. The third kappa shape index (κ3) is 3.44. The number of nitrogens with zero attached hydrogens (tertiary/aromatic N) is 2. The Kier molecular flexibility index (Phi) is 4.80. The number of carbonyl (C=O) groups excluding carboxylic acids is 1. The average Bonchev–Trinajstić information content (AvgIpc) is 2.79. The second-order valence-electron chi connectivity index (χ2n) is 5.20. The predicted octanol–water partition coefficient (Wildman–Crippen LogP) is 2.64. The van der Waals surface area contributed by atoms with Crippen LogP contribution in [0.5, 0.6) is 5.75 Å². The van der Waals surface area contributed by atoms with Crippen molar-refractivity contribution in [1.29, 1.82) is 0 Å². The van der Waals surface area contributed by atoms with Gasteiger partial charge in [0.1, 0.15) is 5.76 Å². The Hall–Kier alpha value is -2.37. The van der Waals surface area contributed by atoms with Gasteiger partial charge in [-0.25, -0.2) is 4.39 Å². The van der Waals surface area contributed by atoms with E-state index in [2.05, 4.69) is 5.16 Å². The van der Waals surface area contributed by atoms with E-state index in [0.29, 0.717) is 17.9 Å². The normalized spacial score (nSPS) is 10.6. The first-order valence-electron chi connectivity index (χ1n) is 6.90. The van der Waals surface area contributed by atoms with Crippen LogP contribution in [0.3, 0.4) is 0 Å². The van der Waals surface area contributed by atoms with Gasteiger partial charge in [0.25, 0.3) is 0 Å². The first-order valence-corrected chi connectivity index (χ1v) is 6.90. The zero-order chi connectivity index (χ0) is 16.3. The Morgan fingerprint density at radius 3 is 2.68 bits per heavy atom. The molecular weight excluding hydrogens is 287 g/mol. The fourth-order valence-corrected chi connectivity index (χ4v) is 2.21. The molecule has 0 spiro atoms. The number of rotatable bonds is 5. The smallest absolute Gasteiger partial charge is 0.227 e. The second-order valence-corrected chi connectivity index (χ2v) is 5.20. The van der Waals surface area contributed by atoms with Crippen LogP contribution < -0.4 is 4.74 Å². The van der Waals surface area contributed by atoms with Crippen molar-refractivity contribution in [2.75, 3.05) is 14.2 Å². The third-order valence-electron chi connectivity index (χ3n) is 3.57. The Morgan fingerprint density at radius 2 is 2.14 bits per heavy atom. The van der Waals surface area contributed by atoms with Gasteiger partial charge in [0.15, 0.2) is 11.6 Å². The molecule has 0 aliphatic heterocycles. The standard InChI is InChI=1S/C16H19FN2O3/c1-10-13(11(2)22-18-10)8-16(20)19(3)9-12-5-6-15(21-4)14(17)7-12/h5-7H,8-9H2,1-4H3. The quantitative estimate of drug-likeness (QED) is 0.852. The van der Waals surface area contributed by atoms with Gasteiger partial charge in [0.05, 0.1) is 19.2 Å². The van der Waals surface area contributed by atoms with Gasteiger partial charge in [-0.1, -0.05) is 11.2 Å². The van der Waals surface area contributed by atoms with Crippen LogP contribution in [0.15, 0.2) is 22.7 Å². The summed E-state index contributed by atoms with van der Waals surface area (Å²) in [6.07, 6.45) is 0.219. The van der Waals surface area contributed by atoms with Crippen molar-refractivity contribution in [3.63, 3.8) is 0 Å². The molecule has 0 saturated heterocycles. The summed E-state index contributed by atoms with van der Waals surface area (Å²) in [5.41, 5.74) is 2.22. The molecule has 1 amide bonds. The summed E-state index contributed by atoms with van der Waals surface area (Å²) >= 11 is 0. The van der Waals surface area contributed by atoms with Gasteiger partial charge in [-0.15, -0.1) is 0 Å². The molecule has 0 bridgehead atoms. The molecule has 0 aliphatic carbocycles. The molecule has 2 rings (SSSR count). The van der Waals surface area contributed by atoms with Gasteiger partial charge in [0, 0.05) is 19.2 Å². The zero-order valence-electron chi connectivity index (χ0n) is 13.1. The molecule has 0 atom stereocenters. The molecule has 1 aromatic heterocycles. The molecule has 0 radical (unpaired) electrons. The highest BCUT2D eigenvalue weighted by Gasteiger charge is 2.17. The lowest BCUT2D eigenvalue weighted by Gasteiger charge is -2.17. The fourth-order valence-electron chi connectivity index (χ4n) is 2.21. The van der Waals surface area contributed by atoms with Crippen LogP contribution >= 0.6 is 0 Å². The number of methoxy groups -OCH3 is 1. The van der Waals surface area contributed by atoms with Gasteiger partial charge in [-0.3, -0.25) is 4.79 Å². The van der Waals surface area contributed by atoms with Gasteiger partial charge in [-0.2, -0.15) is 0 Å². The highest BCUT2D eigenvalue weighted by atomic mass is 19.1. The van der Waals surface area contributed by atoms with Crippen LogP contribution in [-0.4, -0.2) is 30.1 Å². The number of carbonyl (C=O) groups is 1. The van der Waals surface area contributed by atoms with E-state index in [4.69, 9.17) is 9.26 Å². The minimum atomic E-state index is -0.438. The predicted molar refractivity (Wildman–Crippen MR) is 79.1 cm³/mol. The van der Waals surface area contributed by atoms with Crippen molar-refractivity contribution in [2.45, 2.75) is 26.8 Å². The van der Waals surface area contributed by atoms with E-state index in [1.807, 2.05) is 0 Å². The molecule has 0 N–H and O–H groups in total. The van der Waals surface area contributed by atoms with E-state index >= 15 is 0 Å². The highest BCUT2D eigenvalue weighted by molar-refractivity contribution is 5.79. The van der Waals surface area contributed by atoms with Crippen LogP contribution in [0.1, 0.15) is 22.6 Å². The minimum absolute atomic E-state index is 0.0781. The van der Waals surface area contributed by atoms with Gasteiger partial charge >= 0.3 is 0 Å². The molecule has 5 nitrogen and oxygen atoms in total. The van der Waals surface area contributed by atoms with E-state index in [0.717, 1.165) is 11.3 Å². The lowest BCUT2D eigenvalue weighted by Crippen LogP contribution is -2.28. The number of halogens is 1. The number of amides is 1. The fraction of sp³-hybridized carbons (Fsp3) is 0.375. The van der Waals surface area contributed by atoms with Crippen LogP contribution in [0.4, 0.5) is 4.39 Å². The molecular formula is C16H19FN2O3. The van der Waals surface area contributed by atoms with Crippen molar-refractivity contribution in [3.8, 4) is 5.75 Å². The number of ether oxygens (including phenoxy) is 1. The van der Waals surface area contributed by atoms with Crippen LogP contribution in [0.2, 0.25) is 0 Å². The SMILES string of the molecule is COc1ccc(CN(C)C(=O)Cc2c(C)noc2C)cc1F. The second kappa shape index (κ2) is 6.60. The Morgan fingerprint density at radius 1 is 1.41 bits per heavy atom. The maximum atomic E-state index is 13.7. The summed E-state index contributed by atoms with van der Waals surface area (Å²) in [4.78, 5) is 13.8. The number of likely N-dealkylation sites (N-methyl/N-ethyl adjacent to an activating group) is 1. The molecule has 0 unspecified atom stereocenters. The number of hydrogen-bond acceptors (Lipinski definition) is 4. The van der Waals surface area contributed by atoms with E-state index in [9.17, 15) is 9.18 Å². The van der Waals surface area contributed by atoms with E-state index in [1.54, 1.807) is 37.9 Å². The lowest BCUT2D eigenvalue weighted by atomic mass is 10.1. The summed E-state index contributed by atoms with van der Waals surface area (Å²) < 4.78 is 23.6. The van der Waals surface area contributed by atoms with Crippen LogP contribution in [0, 0.1) is 19.7 Å². The van der Waals surface area contributed by atoms with Crippen molar-refractivity contribution in [2.24, 2.45) is 0 Å². The topological polar surface area (TPSA) is 55.6 Å². The van der Waals surface area contributed by atoms with Gasteiger partial charge in [0.2, 0.25) is 5.91 Å². The highest BCUT2D eigenvalue weighted by Crippen LogP contribution is 2.19. The number of aromatic nitrogens is 1. The van der Waals surface area contributed by atoms with Crippen molar-refractivity contribution in [1.82, 2.24) is 10.1 Å². The maximum Gasteiger partial charge on any atom is 0.227 e. The lowest BCUT2D eigenvalue weighted by molar-refractivity contribution is -0.129. The summed E-state index contributed by atoms with van der Waals surface area (Å²) in [7, 11) is 3.10. The van der Waals surface area contributed by atoms with E-state index < -0.39 is 5.82 Å². The van der Waals surface area contributed by atoms with Crippen molar-refractivity contribution < 1.29 is 18.4 Å². The first kappa shape index (κ1) is 16.0. The van der Waals surface area contributed by atoms with Gasteiger partial charge in [-0.05, 0) is 31.5 Å². The summed E-state index contributed by atoms with van der Waals surface area (Å²) in [6, 6.07) is 4.66. The molecule has 0 saturated carbocycles. The third-order valence-corrected chi connectivity index (χ3v) is 3.57. The van der Waals surface area contributed by atoms with E-state index in [-0.39, 0.29) is 18.1 Å². The monoisotopic (exact) mass is 306 g/mol. The maximum absolute atomic E-state index is 13.7. The van der Waals surface area contributed by atoms with E-state index in [1.165, 1.54) is 13.2 Å². The Bertz CT molecular complexity index is 663. The molecule has 1 heterocycles. The average molecular weight is 306 g/mol. The zero-order valence-corrected chi connectivity index (χ0v) is 13.1. The minimum Gasteiger partial charge on any atom is -0.494 e. The van der Waals surface area contributed by atoms with Crippen LogP contribution in [0.25, 0.3) is 0 Å². The molecule has 118 valence electrons. The molecule has 2 aromatic rings. The Labute approximate surface area is 128 Å². The molecule has 0 fully saturated rings. The Balaban J connectivity index is 2.04. The summed E-state index contributed by atoms with van der Waals surface area (Å²) in [6.45, 7) is 3.91. The summed E-state index contributed by atoms with van der Waals surface area (Å²) in [5.74, 6) is 0.320.